The van der Waals surface area contributed by atoms with Crippen molar-refractivity contribution in [3.63, 3.8) is 0 Å². The minimum atomic E-state index is -0.989. The normalized spacial score (nSPS) is 13.9. The average molecular weight is 404 g/mol. The third kappa shape index (κ3) is 3.37. The molecule has 1 aliphatic heterocycles. The molecule has 0 radical (unpaired) electrons. The molecule has 6 heteroatoms. The van der Waals surface area contributed by atoms with Gasteiger partial charge in [0.05, 0.1) is 11.3 Å². The first-order chi connectivity index (χ1) is 14.4. The summed E-state index contributed by atoms with van der Waals surface area (Å²) in [4.78, 5) is 27.2. The first-order valence-corrected chi connectivity index (χ1v) is 9.34. The lowest BCUT2D eigenvalue weighted by molar-refractivity contribution is -0.120. The maximum atomic E-state index is 14.4. The number of amides is 2. The molecule has 0 unspecified atom stereocenters. The molecule has 0 saturated carbocycles. The molecule has 0 aliphatic carbocycles. The Morgan fingerprint density at radius 3 is 2.23 bits per heavy atom. The zero-order chi connectivity index (χ0) is 21.4. The number of hydrogen-bond acceptors (Lipinski definition) is 3. The quantitative estimate of drug-likeness (QED) is 0.624. The highest BCUT2D eigenvalue weighted by atomic mass is 19.1. The zero-order valence-corrected chi connectivity index (χ0v) is 16.4. The van der Waals surface area contributed by atoms with Crippen molar-refractivity contribution in [2.75, 3.05) is 10.2 Å². The summed E-state index contributed by atoms with van der Waals surface area (Å²) in [5, 5.41) is 3.07. The first-order valence-electron chi connectivity index (χ1n) is 9.34. The van der Waals surface area contributed by atoms with E-state index in [4.69, 9.17) is 0 Å². The van der Waals surface area contributed by atoms with Gasteiger partial charge in [0.25, 0.3) is 11.8 Å². The van der Waals surface area contributed by atoms with E-state index in [1.54, 1.807) is 30.3 Å². The molecule has 0 atom stereocenters. The van der Waals surface area contributed by atoms with Crippen molar-refractivity contribution in [3.8, 4) is 0 Å². The maximum Gasteiger partial charge on any atom is 0.282 e. The van der Waals surface area contributed by atoms with Crippen molar-refractivity contribution in [2.24, 2.45) is 0 Å². The van der Waals surface area contributed by atoms with E-state index in [0.29, 0.717) is 17.3 Å². The molecule has 1 heterocycles. The molecule has 150 valence electrons. The smallest absolute Gasteiger partial charge is 0.282 e. The second kappa shape index (κ2) is 7.55. The lowest BCUT2D eigenvalue weighted by atomic mass is 10.0. The summed E-state index contributed by atoms with van der Waals surface area (Å²) in [6.07, 6.45) is 0. The molecule has 3 aromatic carbocycles. The molecule has 0 aromatic heterocycles. The van der Waals surface area contributed by atoms with Crippen LogP contribution in [0.4, 0.5) is 20.2 Å². The molecule has 0 saturated heterocycles. The van der Waals surface area contributed by atoms with Crippen LogP contribution >= 0.6 is 0 Å². The van der Waals surface area contributed by atoms with Gasteiger partial charge in [0.2, 0.25) is 0 Å². The Bertz CT molecular complexity index is 1200. The van der Waals surface area contributed by atoms with E-state index in [1.165, 1.54) is 0 Å². The van der Waals surface area contributed by atoms with E-state index in [0.717, 1.165) is 28.2 Å². The van der Waals surface area contributed by atoms with Crippen molar-refractivity contribution >= 4 is 28.8 Å². The highest BCUT2D eigenvalue weighted by Crippen LogP contribution is 2.35. The Morgan fingerprint density at radius 1 is 0.833 bits per heavy atom. The van der Waals surface area contributed by atoms with Gasteiger partial charge in [0, 0.05) is 11.8 Å². The molecular weight excluding hydrogens is 386 g/mol. The Kier molecular flexibility index (Phi) is 4.91. The summed E-state index contributed by atoms with van der Waals surface area (Å²) in [5.41, 5.74) is 3.00. The van der Waals surface area contributed by atoms with Crippen LogP contribution in [0.1, 0.15) is 16.7 Å². The Hall–Kier alpha value is -3.80. The Balaban J connectivity index is 1.85. The Labute approximate surface area is 172 Å². The molecule has 0 fully saturated rings. The van der Waals surface area contributed by atoms with E-state index >= 15 is 0 Å². The number of aryl methyl sites for hydroxylation is 2. The summed E-state index contributed by atoms with van der Waals surface area (Å²) in [7, 11) is 0. The fourth-order valence-electron chi connectivity index (χ4n) is 3.49. The summed E-state index contributed by atoms with van der Waals surface area (Å²) in [6.45, 7) is 3.84. The van der Waals surface area contributed by atoms with Crippen LogP contribution in [-0.2, 0) is 9.59 Å². The number of rotatable bonds is 4. The van der Waals surface area contributed by atoms with Gasteiger partial charge < -0.3 is 5.32 Å². The highest BCUT2D eigenvalue weighted by molar-refractivity contribution is 6.46. The third-order valence-corrected chi connectivity index (χ3v) is 4.94. The van der Waals surface area contributed by atoms with Crippen molar-refractivity contribution in [3.05, 3.63) is 101 Å². The topological polar surface area (TPSA) is 49.4 Å². The standard InChI is InChI=1S/C24H18F2N2O2/c1-14-8-10-19(15(2)12-14)27-22-21(16-6-4-3-5-7-16)23(29)28(24(22)30)20-11-9-17(25)13-18(20)26/h3-13,27H,1-2H3. The molecule has 1 aliphatic rings. The SMILES string of the molecule is Cc1ccc(NC2=C(c3ccccc3)C(=O)N(c3ccc(F)cc3F)C2=O)c(C)c1. The van der Waals surface area contributed by atoms with Crippen molar-refractivity contribution in [2.45, 2.75) is 13.8 Å². The van der Waals surface area contributed by atoms with Crippen LogP contribution in [0, 0.1) is 25.5 Å². The molecule has 0 bridgehead atoms. The van der Waals surface area contributed by atoms with Crippen LogP contribution < -0.4 is 10.2 Å². The number of nitrogens with one attached hydrogen (secondary N) is 1. The number of carbonyl (C=O) groups is 2. The molecule has 30 heavy (non-hydrogen) atoms. The van der Waals surface area contributed by atoms with Crippen LogP contribution in [0.3, 0.4) is 0 Å². The van der Waals surface area contributed by atoms with Crippen LogP contribution in [0.2, 0.25) is 0 Å². The van der Waals surface area contributed by atoms with Gasteiger partial charge in [-0.1, -0.05) is 48.0 Å². The van der Waals surface area contributed by atoms with Crippen molar-refractivity contribution in [1.82, 2.24) is 0 Å². The predicted octanol–water partition coefficient (Wildman–Crippen LogP) is 4.98. The van der Waals surface area contributed by atoms with Gasteiger partial charge in [-0.2, -0.15) is 0 Å². The second-order valence-electron chi connectivity index (χ2n) is 7.10. The largest absolute Gasteiger partial charge is 0.350 e. The minimum Gasteiger partial charge on any atom is -0.350 e. The third-order valence-electron chi connectivity index (χ3n) is 4.94. The fourth-order valence-corrected chi connectivity index (χ4v) is 3.49. The van der Waals surface area contributed by atoms with E-state index in [-0.39, 0.29) is 17.0 Å². The number of hydrogen-bond donors (Lipinski definition) is 1. The van der Waals surface area contributed by atoms with Gasteiger partial charge in [-0.05, 0) is 43.2 Å². The maximum absolute atomic E-state index is 14.4. The van der Waals surface area contributed by atoms with Gasteiger partial charge in [0.15, 0.2) is 0 Å². The molecule has 0 spiro atoms. The molecular formula is C24H18F2N2O2. The molecule has 2 amide bonds. The van der Waals surface area contributed by atoms with Gasteiger partial charge >= 0.3 is 0 Å². The number of imide groups is 1. The van der Waals surface area contributed by atoms with Crippen LogP contribution in [0.15, 0.2) is 72.4 Å². The van der Waals surface area contributed by atoms with Crippen LogP contribution in [-0.4, -0.2) is 11.8 Å². The second-order valence-corrected chi connectivity index (χ2v) is 7.10. The van der Waals surface area contributed by atoms with Gasteiger partial charge in [-0.15, -0.1) is 0 Å². The molecule has 3 aromatic rings. The van der Waals surface area contributed by atoms with Crippen molar-refractivity contribution in [1.29, 1.82) is 0 Å². The van der Waals surface area contributed by atoms with E-state index in [2.05, 4.69) is 5.32 Å². The summed E-state index contributed by atoms with van der Waals surface area (Å²) in [6, 6.07) is 17.1. The van der Waals surface area contributed by atoms with E-state index < -0.39 is 23.4 Å². The van der Waals surface area contributed by atoms with E-state index in [9.17, 15) is 18.4 Å². The first kappa shape index (κ1) is 19.5. The Morgan fingerprint density at radius 2 is 1.57 bits per heavy atom. The van der Waals surface area contributed by atoms with Crippen LogP contribution in [0.25, 0.3) is 5.57 Å². The minimum absolute atomic E-state index is 0.0434. The van der Waals surface area contributed by atoms with Gasteiger partial charge in [-0.3, -0.25) is 9.59 Å². The van der Waals surface area contributed by atoms with Crippen molar-refractivity contribution < 1.29 is 18.4 Å². The van der Waals surface area contributed by atoms with Crippen LogP contribution in [0.5, 0.6) is 0 Å². The lowest BCUT2D eigenvalue weighted by Gasteiger charge is -2.16. The van der Waals surface area contributed by atoms with E-state index in [1.807, 2.05) is 32.0 Å². The number of benzene rings is 3. The monoisotopic (exact) mass is 404 g/mol. The molecule has 4 nitrogen and oxygen atoms in total. The number of nitrogens with zero attached hydrogens (tertiary/aromatic N) is 1. The number of halogens is 2. The van der Waals surface area contributed by atoms with Gasteiger partial charge in [-0.25, -0.2) is 13.7 Å². The van der Waals surface area contributed by atoms with Gasteiger partial charge in [0.1, 0.15) is 17.3 Å². The average Bonchev–Trinajstić information content (AvgIpc) is 2.95. The predicted molar refractivity (Wildman–Crippen MR) is 112 cm³/mol. The number of carbonyl (C=O) groups excluding carboxylic acids is 2. The zero-order valence-electron chi connectivity index (χ0n) is 16.4. The summed E-state index contributed by atoms with van der Waals surface area (Å²) >= 11 is 0. The summed E-state index contributed by atoms with van der Waals surface area (Å²) in [5.74, 6) is -3.16. The lowest BCUT2D eigenvalue weighted by Crippen LogP contribution is -2.33. The fraction of sp³-hybridized carbons (Fsp3) is 0.0833. The number of anilines is 2. The highest BCUT2D eigenvalue weighted by Gasteiger charge is 2.41. The molecule has 1 N–H and O–H groups in total. The summed E-state index contributed by atoms with van der Waals surface area (Å²) < 4.78 is 27.8. The molecule has 4 rings (SSSR count).